The van der Waals surface area contributed by atoms with E-state index in [0.717, 1.165) is 5.56 Å². The maximum Gasteiger partial charge on any atom is 0.334 e. The summed E-state index contributed by atoms with van der Waals surface area (Å²) in [4.78, 5) is 25.0. The number of aromatic nitrogens is 2. The Morgan fingerprint density at radius 2 is 2.17 bits per heavy atom. The molecule has 1 fully saturated rings. The van der Waals surface area contributed by atoms with Crippen LogP contribution in [-0.4, -0.2) is 57.5 Å². The fraction of sp³-hybridized carbons (Fsp3) is 0.312. The molecule has 0 spiro atoms. The van der Waals surface area contributed by atoms with Crippen LogP contribution in [0.25, 0.3) is 0 Å². The van der Waals surface area contributed by atoms with Gasteiger partial charge in [-0.2, -0.15) is 5.10 Å². The molecule has 3 rings (SSSR count). The molecule has 126 valence electrons. The van der Waals surface area contributed by atoms with Crippen LogP contribution in [0.4, 0.5) is 0 Å². The third-order valence-corrected chi connectivity index (χ3v) is 4.17. The Balaban J connectivity index is 1.70. The largest absolute Gasteiger partial charge is 0.479 e. The first-order valence-electron chi connectivity index (χ1n) is 7.44. The number of carboxylic acids is 1. The highest BCUT2D eigenvalue weighted by molar-refractivity contribution is 6.31. The standard InChI is InChI=1S/C16H16ClN3O4/c17-13-4-2-1-3-11(13)8-20-9-12(7-18-20)15(21)19-5-6-24-14(10-19)16(22)23/h1-4,7,9,14H,5-6,8,10H2,(H,22,23)/t14-/m1/s1. The normalized spacial score (nSPS) is 17.7. The predicted molar refractivity (Wildman–Crippen MR) is 86.1 cm³/mol. The van der Waals surface area contributed by atoms with Gasteiger partial charge in [0.05, 0.1) is 31.5 Å². The zero-order valence-electron chi connectivity index (χ0n) is 12.8. The highest BCUT2D eigenvalue weighted by atomic mass is 35.5. The lowest BCUT2D eigenvalue weighted by Gasteiger charge is -2.30. The smallest absolute Gasteiger partial charge is 0.334 e. The van der Waals surface area contributed by atoms with E-state index < -0.39 is 12.1 Å². The third kappa shape index (κ3) is 3.58. The van der Waals surface area contributed by atoms with Crippen molar-refractivity contribution in [3.8, 4) is 0 Å². The number of rotatable bonds is 4. The monoisotopic (exact) mass is 349 g/mol. The van der Waals surface area contributed by atoms with E-state index in [1.807, 2.05) is 18.2 Å². The topological polar surface area (TPSA) is 84.7 Å². The van der Waals surface area contributed by atoms with Crippen molar-refractivity contribution in [3.05, 3.63) is 52.8 Å². The SMILES string of the molecule is O=C(O)[C@H]1CN(C(=O)c2cnn(Cc3ccccc3Cl)c2)CCO1. The number of halogens is 1. The maximum absolute atomic E-state index is 12.5. The third-order valence-electron chi connectivity index (χ3n) is 3.80. The minimum absolute atomic E-state index is 0.0316. The van der Waals surface area contributed by atoms with Crippen LogP contribution >= 0.6 is 11.6 Å². The van der Waals surface area contributed by atoms with Gasteiger partial charge in [-0.05, 0) is 11.6 Å². The molecule has 0 radical (unpaired) electrons. The summed E-state index contributed by atoms with van der Waals surface area (Å²) >= 11 is 6.13. The summed E-state index contributed by atoms with van der Waals surface area (Å²) in [7, 11) is 0. The molecular formula is C16H16ClN3O4. The number of nitrogens with zero attached hydrogens (tertiary/aromatic N) is 3. The molecule has 1 aliphatic heterocycles. The number of carbonyl (C=O) groups excluding carboxylic acids is 1. The van der Waals surface area contributed by atoms with Gasteiger partial charge in [0, 0.05) is 17.8 Å². The van der Waals surface area contributed by atoms with Crippen LogP contribution < -0.4 is 0 Å². The summed E-state index contributed by atoms with van der Waals surface area (Å²) in [5.41, 5.74) is 1.31. The molecule has 0 bridgehead atoms. The molecule has 1 aromatic carbocycles. The number of amides is 1. The molecule has 1 atom stereocenters. The van der Waals surface area contributed by atoms with E-state index in [-0.39, 0.29) is 19.1 Å². The van der Waals surface area contributed by atoms with Crippen molar-refractivity contribution < 1.29 is 19.4 Å². The molecule has 8 heteroatoms. The number of benzene rings is 1. The van der Waals surface area contributed by atoms with Crippen LogP contribution in [0, 0.1) is 0 Å². The van der Waals surface area contributed by atoms with Gasteiger partial charge in [-0.3, -0.25) is 9.48 Å². The van der Waals surface area contributed by atoms with E-state index in [9.17, 15) is 9.59 Å². The average molecular weight is 350 g/mol. The van der Waals surface area contributed by atoms with Gasteiger partial charge in [-0.25, -0.2) is 4.79 Å². The fourth-order valence-electron chi connectivity index (χ4n) is 2.53. The molecule has 7 nitrogen and oxygen atoms in total. The van der Waals surface area contributed by atoms with E-state index in [2.05, 4.69) is 5.10 Å². The summed E-state index contributed by atoms with van der Waals surface area (Å²) in [5, 5.41) is 13.8. The Bertz CT molecular complexity index is 761. The molecular weight excluding hydrogens is 334 g/mol. The molecule has 2 aromatic rings. The average Bonchev–Trinajstić information content (AvgIpc) is 3.05. The van der Waals surface area contributed by atoms with Crippen LogP contribution in [0.3, 0.4) is 0 Å². The lowest BCUT2D eigenvalue weighted by atomic mass is 10.2. The minimum atomic E-state index is -1.07. The van der Waals surface area contributed by atoms with Gasteiger partial charge in [-0.15, -0.1) is 0 Å². The van der Waals surface area contributed by atoms with Gasteiger partial charge < -0.3 is 14.7 Å². The zero-order chi connectivity index (χ0) is 17.1. The Morgan fingerprint density at radius 3 is 2.92 bits per heavy atom. The number of morpholine rings is 1. The Morgan fingerprint density at radius 1 is 1.38 bits per heavy atom. The zero-order valence-corrected chi connectivity index (χ0v) is 13.5. The van der Waals surface area contributed by atoms with E-state index in [4.69, 9.17) is 21.4 Å². The summed E-state index contributed by atoms with van der Waals surface area (Å²) in [5.74, 6) is -1.32. The first-order chi connectivity index (χ1) is 11.5. The molecule has 0 saturated carbocycles. The Kier molecular flexibility index (Phi) is 4.82. The predicted octanol–water partition coefficient (Wildman–Crippen LogP) is 1.51. The highest BCUT2D eigenvalue weighted by Gasteiger charge is 2.29. The van der Waals surface area contributed by atoms with Gasteiger partial charge in [0.15, 0.2) is 6.10 Å². The van der Waals surface area contributed by atoms with E-state index >= 15 is 0 Å². The van der Waals surface area contributed by atoms with Crippen molar-refractivity contribution in [2.75, 3.05) is 19.7 Å². The Hall–Kier alpha value is -2.38. The number of ether oxygens (including phenoxy) is 1. The number of hydrogen-bond donors (Lipinski definition) is 1. The second-order valence-electron chi connectivity index (χ2n) is 5.47. The quantitative estimate of drug-likeness (QED) is 0.904. The second-order valence-corrected chi connectivity index (χ2v) is 5.87. The van der Waals surface area contributed by atoms with Crippen molar-refractivity contribution in [1.29, 1.82) is 0 Å². The number of carboxylic acid groups (broad SMARTS) is 1. The molecule has 0 aliphatic carbocycles. The first kappa shape index (κ1) is 16.5. The lowest BCUT2D eigenvalue weighted by Crippen LogP contribution is -2.48. The van der Waals surface area contributed by atoms with Crippen molar-refractivity contribution >= 4 is 23.5 Å². The van der Waals surface area contributed by atoms with Crippen LogP contribution in [0.15, 0.2) is 36.7 Å². The first-order valence-corrected chi connectivity index (χ1v) is 7.82. The van der Waals surface area contributed by atoms with Crippen molar-refractivity contribution in [2.24, 2.45) is 0 Å². The molecule has 2 heterocycles. The van der Waals surface area contributed by atoms with Gasteiger partial charge in [-0.1, -0.05) is 29.8 Å². The van der Waals surface area contributed by atoms with Gasteiger partial charge in [0.25, 0.3) is 5.91 Å². The van der Waals surface area contributed by atoms with Crippen molar-refractivity contribution in [3.63, 3.8) is 0 Å². The van der Waals surface area contributed by atoms with E-state index in [1.54, 1.807) is 16.9 Å². The van der Waals surface area contributed by atoms with Crippen LogP contribution in [0.5, 0.6) is 0 Å². The van der Waals surface area contributed by atoms with Crippen LogP contribution in [0.1, 0.15) is 15.9 Å². The maximum atomic E-state index is 12.5. The number of aliphatic carboxylic acids is 1. The second kappa shape index (κ2) is 7.02. The summed E-state index contributed by atoms with van der Waals surface area (Å²) in [6, 6.07) is 7.43. The fourth-order valence-corrected chi connectivity index (χ4v) is 2.72. The van der Waals surface area contributed by atoms with Crippen LogP contribution in [0.2, 0.25) is 5.02 Å². The minimum Gasteiger partial charge on any atom is -0.479 e. The Labute approximate surface area is 143 Å². The van der Waals surface area contributed by atoms with E-state index in [1.165, 1.54) is 11.1 Å². The lowest BCUT2D eigenvalue weighted by molar-refractivity contribution is -0.154. The molecule has 1 aliphatic rings. The highest BCUT2D eigenvalue weighted by Crippen LogP contribution is 2.17. The number of hydrogen-bond acceptors (Lipinski definition) is 4. The van der Waals surface area contributed by atoms with Crippen molar-refractivity contribution in [1.82, 2.24) is 14.7 Å². The molecule has 24 heavy (non-hydrogen) atoms. The van der Waals surface area contributed by atoms with Gasteiger partial charge in [0.2, 0.25) is 0 Å². The van der Waals surface area contributed by atoms with E-state index in [0.29, 0.717) is 23.7 Å². The summed E-state index contributed by atoms with van der Waals surface area (Å²) < 4.78 is 6.75. The molecule has 1 N–H and O–H groups in total. The summed E-state index contributed by atoms with van der Waals surface area (Å²) in [6.45, 7) is 1.05. The van der Waals surface area contributed by atoms with Crippen molar-refractivity contribution in [2.45, 2.75) is 12.6 Å². The summed E-state index contributed by atoms with van der Waals surface area (Å²) in [6.07, 6.45) is 2.13. The number of carbonyl (C=O) groups is 2. The molecule has 1 saturated heterocycles. The molecule has 1 aromatic heterocycles. The van der Waals surface area contributed by atoms with Gasteiger partial charge in [0.1, 0.15) is 0 Å². The van der Waals surface area contributed by atoms with Crippen LogP contribution in [-0.2, 0) is 16.1 Å². The molecule has 1 amide bonds. The van der Waals surface area contributed by atoms with Gasteiger partial charge >= 0.3 is 5.97 Å². The molecule has 0 unspecified atom stereocenters.